The third kappa shape index (κ3) is 4.28. The molecule has 0 saturated heterocycles. The summed E-state index contributed by atoms with van der Waals surface area (Å²) in [5.74, 6) is -1.14. The van der Waals surface area contributed by atoms with Crippen molar-refractivity contribution in [3.8, 4) is 5.69 Å². The SMILES string of the molecule is CCn1c(=O)c(CCC(=O)Nc2cccc(F)c2)c(C)c2c(C)nn(-c3cccc(F)c3)c21. The van der Waals surface area contributed by atoms with Crippen molar-refractivity contribution in [2.45, 2.75) is 40.2 Å². The molecule has 0 fully saturated rings. The number of hydrogen-bond donors (Lipinski definition) is 1. The molecule has 0 aliphatic rings. The largest absolute Gasteiger partial charge is 0.326 e. The zero-order valence-electron chi connectivity index (χ0n) is 18.7. The van der Waals surface area contributed by atoms with Crippen molar-refractivity contribution in [2.75, 3.05) is 5.32 Å². The number of nitrogens with one attached hydrogen (secondary N) is 1. The fraction of sp³-hybridized carbons (Fsp3) is 0.240. The number of carbonyl (C=O) groups is 1. The van der Waals surface area contributed by atoms with E-state index in [0.717, 1.165) is 10.9 Å². The van der Waals surface area contributed by atoms with E-state index in [2.05, 4.69) is 10.4 Å². The van der Waals surface area contributed by atoms with Gasteiger partial charge in [-0.3, -0.25) is 14.2 Å². The lowest BCUT2D eigenvalue weighted by atomic mass is 10.0. The summed E-state index contributed by atoms with van der Waals surface area (Å²) in [5.41, 5.74) is 3.26. The van der Waals surface area contributed by atoms with Gasteiger partial charge in [-0.15, -0.1) is 0 Å². The molecule has 6 nitrogen and oxygen atoms in total. The van der Waals surface area contributed by atoms with Crippen LogP contribution in [0.3, 0.4) is 0 Å². The minimum absolute atomic E-state index is 0.0683. The highest BCUT2D eigenvalue weighted by atomic mass is 19.1. The van der Waals surface area contributed by atoms with Crippen LogP contribution >= 0.6 is 0 Å². The van der Waals surface area contributed by atoms with E-state index in [0.29, 0.717) is 34.8 Å². The van der Waals surface area contributed by atoms with Gasteiger partial charge in [0, 0.05) is 29.6 Å². The molecule has 0 unspecified atom stereocenters. The van der Waals surface area contributed by atoms with Crippen LogP contribution in [0, 0.1) is 25.5 Å². The maximum atomic E-state index is 13.9. The second-order valence-electron chi connectivity index (χ2n) is 7.89. The number of halogens is 2. The van der Waals surface area contributed by atoms with Gasteiger partial charge in [0.15, 0.2) is 0 Å². The van der Waals surface area contributed by atoms with Crippen LogP contribution in [0.4, 0.5) is 14.5 Å². The predicted octanol–water partition coefficient (Wildman–Crippen LogP) is 4.67. The van der Waals surface area contributed by atoms with E-state index >= 15 is 0 Å². The Hall–Kier alpha value is -3.81. The number of rotatable bonds is 6. The van der Waals surface area contributed by atoms with E-state index in [-0.39, 0.29) is 24.3 Å². The second kappa shape index (κ2) is 8.97. The van der Waals surface area contributed by atoms with Gasteiger partial charge < -0.3 is 5.32 Å². The summed E-state index contributed by atoms with van der Waals surface area (Å²) in [4.78, 5) is 25.8. The Labute approximate surface area is 189 Å². The fourth-order valence-corrected chi connectivity index (χ4v) is 4.18. The molecule has 0 bridgehead atoms. The molecule has 0 radical (unpaired) electrons. The molecule has 2 aromatic heterocycles. The number of pyridine rings is 1. The van der Waals surface area contributed by atoms with Gasteiger partial charge >= 0.3 is 0 Å². The molecule has 33 heavy (non-hydrogen) atoms. The van der Waals surface area contributed by atoms with Gasteiger partial charge in [-0.25, -0.2) is 13.5 Å². The number of aryl methyl sites for hydroxylation is 3. The van der Waals surface area contributed by atoms with Gasteiger partial charge in [-0.1, -0.05) is 12.1 Å². The van der Waals surface area contributed by atoms with Gasteiger partial charge in [0.25, 0.3) is 5.56 Å². The number of amides is 1. The smallest absolute Gasteiger partial charge is 0.255 e. The maximum absolute atomic E-state index is 13.9. The highest BCUT2D eigenvalue weighted by Gasteiger charge is 2.21. The van der Waals surface area contributed by atoms with E-state index in [1.807, 2.05) is 20.8 Å². The summed E-state index contributed by atoms with van der Waals surface area (Å²) < 4.78 is 30.4. The lowest BCUT2D eigenvalue weighted by Gasteiger charge is -2.14. The third-order valence-electron chi connectivity index (χ3n) is 5.70. The molecular formula is C25H24F2N4O2. The van der Waals surface area contributed by atoms with Crippen molar-refractivity contribution >= 4 is 22.6 Å². The summed E-state index contributed by atoms with van der Waals surface area (Å²) in [7, 11) is 0. The number of anilines is 1. The van der Waals surface area contributed by atoms with Crippen LogP contribution in [-0.4, -0.2) is 20.3 Å². The van der Waals surface area contributed by atoms with Crippen LogP contribution in [0.25, 0.3) is 16.7 Å². The summed E-state index contributed by atoms with van der Waals surface area (Å²) in [6.07, 6.45) is 0.297. The Kier molecular flexibility index (Phi) is 6.09. The minimum atomic E-state index is -0.439. The van der Waals surface area contributed by atoms with Crippen molar-refractivity contribution in [1.82, 2.24) is 14.3 Å². The Bertz CT molecular complexity index is 1420. The number of fused-ring (bicyclic) bond motifs is 1. The third-order valence-corrected chi connectivity index (χ3v) is 5.70. The molecule has 0 aliphatic carbocycles. The van der Waals surface area contributed by atoms with Crippen molar-refractivity contribution in [3.05, 3.63) is 87.3 Å². The number of hydrogen-bond acceptors (Lipinski definition) is 3. The number of benzene rings is 2. The van der Waals surface area contributed by atoms with Gasteiger partial charge in [-0.2, -0.15) is 5.10 Å². The summed E-state index contributed by atoms with van der Waals surface area (Å²) >= 11 is 0. The average Bonchev–Trinajstić information content (AvgIpc) is 3.11. The monoisotopic (exact) mass is 450 g/mol. The van der Waals surface area contributed by atoms with Gasteiger partial charge in [0.05, 0.1) is 11.4 Å². The van der Waals surface area contributed by atoms with Crippen LogP contribution in [-0.2, 0) is 17.8 Å². The fourth-order valence-electron chi connectivity index (χ4n) is 4.18. The lowest BCUT2D eigenvalue weighted by Crippen LogP contribution is -2.27. The Morgan fingerprint density at radius 1 is 1.06 bits per heavy atom. The molecule has 4 rings (SSSR count). The zero-order chi connectivity index (χ0) is 23.7. The second-order valence-corrected chi connectivity index (χ2v) is 7.89. The van der Waals surface area contributed by atoms with Crippen LogP contribution in [0.1, 0.15) is 30.2 Å². The molecular weight excluding hydrogens is 426 g/mol. The standard InChI is InChI=1S/C25H24F2N4O2/c1-4-30-24-23(16(3)29-31(24)20-10-6-8-18(27)14-20)15(2)21(25(30)33)11-12-22(32)28-19-9-5-7-17(26)13-19/h5-10,13-14H,4,11-12H2,1-3H3,(H,28,32). The Morgan fingerprint density at radius 3 is 2.42 bits per heavy atom. The molecule has 2 aromatic carbocycles. The molecule has 0 atom stereocenters. The molecule has 1 amide bonds. The first-order valence-corrected chi connectivity index (χ1v) is 10.7. The highest BCUT2D eigenvalue weighted by Crippen LogP contribution is 2.26. The molecule has 4 aromatic rings. The van der Waals surface area contributed by atoms with Gasteiger partial charge in [-0.05, 0) is 69.2 Å². The first-order valence-electron chi connectivity index (χ1n) is 10.7. The van der Waals surface area contributed by atoms with E-state index in [1.165, 1.54) is 30.3 Å². The molecule has 8 heteroatoms. The molecule has 0 aliphatic heterocycles. The topological polar surface area (TPSA) is 68.9 Å². The van der Waals surface area contributed by atoms with Crippen LogP contribution < -0.4 is 10.9 Å². The van der Waals surface area contributed by atoms with E-state index in [4.69, 9.17) is 0 Å². The number of carbonyl (C=O) groups excluding carboxylic acids is 1. The molecule has 0 saturated carbocycles. The van der Waals surface area contributed by atoms with Crippen LogP contribution in [0.15, 0.2) is 53.3 Å². The van der Waals surface area contributed by atoms with Crippen LogP contribution in [0.5, 0.6) is 0 Å². The molecule has 170 valence electrons. The molecule has 1 N–H and O–H groups in total. The van der Waals surface area contributed by atoms with Crippen molar-refractivity contribution in [1.29, 1.82) is 0 Å². The van der Waals surface area contributed by atoms with Gasteiger partial charge in [0.2, 0.25) is 5.91 Å². The zero-order valence-corrected chi connectivity index (χ0v) is 18.7. The molecule has 0 spiro atoms. The average molecular weight is 450 g/mol. The van der Waals surface area contributed by atoms with E-state index in [1.54, 1.807) is 27.4 Å². The van der Waals surface area contributed by atoms with Crippen molar-refractivity contribution in [2.24, 2.45) is 0 Å². The highest BCUT2D eigenvalue weighted by molar-refractivity contribution is 5.91. The summed E-state index contributed by atoms with van der Waals surface area (Å²) in [6, 6.07) is 11.7. The van der Waals surface area contributed by atoms with Crippen molar-refractivity contribution in [3.63, 3.8) is 0 Å². The van der Waals surface area contributed by atoms with Crippen LogP contribution in [0.2, 0.25) is 0 Å². The van der Waals surface area contributed by atoms with Gasteiger partial charge in [0.1, 0.15) is 17.3 Å². The lowest BCUT2D eigenvalue weighted by molar-refractivity contribution is -0.116. The molecule has 2 heterocycles. The van der Waals surface area contributed by atoms with E-state index in [9.17, 15) is 18.4 Å². The minimum Gasteiger partial charge on any atom is -0.326 e. The quantitative estimate of drug-likeness (QED) is 0.464. The first kappa shape index (κ1) is 22.4. The van der Waals surface area contributed by atoms with E-state index < -0.39 is 11.6 Å². The number of aromatic nitrogens is 3. The number of nitrogens with zero attached hydrogens (tertiary/aromatic N) is 3. The summed E-state index contributed by atoms with van der Waals surface area (Å²) in [6.45, 7) is 5.93. The predicted molar refractivity (Wildman–Crippen MR) is 124 cm³/mol. The maximum Gasteiger partial charge on any atom is 0.255 e. The Morgan fingerprint density at radius 2 is 1.76 bits per heavy atom. The first-order chi connectivity index (χ1) is 15.8. The summed E-state index contributed by atoms with van der Waals surface area (Å²) in [5, 5.41) is 8.05. The Balaban J connectivity index is 1.72. The van der Waals surface area contributed by atoms with Crippen molar-refractivity contribution < 1.29 is 13.6 Å². The normalized spacial score (nSPS) is 11.2.